The topological polar surface area (TPSA) is 65.3 Å². The van der Waals surface area contributed by atoms with Gasteiger partial charge in [0.25, 0.3) is 0 Å². The van der Waals surface area contributed by atoms with Gasteiger partial charge in [0.05, 0.1) is 19.8 Å². The van der Waals surface area contributed by atoms with Gasteiger partial charge in [-0.25, -0.2) is 0 Å². The molecule has 0 aliphatic heterocycles. The fourth-order valence-electron chi connectivity index (χ4n) is 1.30. The molecular weight excluding hydrogens is 272 g/mol. The van der Waals surface area contributed by atoms with Crippen molar-refractivity contribution in [3.05, 3.63) is 28.2 Å². The molecule has 1 unspecified atom stereocenters. The van der Waals surface area contributed by atoms with Crippen molar-refractivity contribution in [3.63, 3.8) is 0 Å². The van der Waals surface area contributed by atoms with E-state index in [2.05, 4.69) is 27.3 Å². The number of nitrogens with zero attached hydrogens (tertiary/aromatic N) is 1. The number of aliphatic hydroxyl groups is 1. The zero-order valence-corrected chi connectivity index (χ0v) is 10.5. The molecule has 4 nitrogen and oxygen atoms in total. The third kappa shape index (κ3) is 3.20. The smallest absolute Gasteiger partial charge is 0.122 e. The number of nitrogens with one attached hydrogen (secondary N) is 1. The van der Waals surface area contributed by atoms with Gasteiger partial charge in [-0.2, -0.15) is 5.26 Å². The molecule has 1 atom stereocenters. The predicted octanol–water partition coefficient (Wildman–Crippen LogP) is 1.60. The van der Waals surface area contributed by atoms with Crippen LogP contribution in [0.25, 0.3) is 0 Å². The van der Waals surface area contributed by atoms with Crippen molar-refractivity contribution in [2.75, 3.05) is 20.3 Å². The highest BCUT2D eigenvalue weighted by Crippen LogP contribution is 2.27. The molecule has 0 saturated heterocycles. The number of benzene rings is 1. The Bertz CT molecular complexity index is 390. The fourth-order valence-corrected chi connectivity index (χ4v) is 1.78. The zero-order valence-electron chi connectivity index (χ0n) is 8.90. The molecule has 0 radical (unpaired) electrons. The number of methoxy groups -OCH3 is 1. The second-order valence-electron chi connectivity index (χ2n) is 3.13. The van der Waals surface area contributed by atoms with Crippen molar-refractivity contribution in [2.45, 2.75) is 6.04 Å². The summed E-state index contributed by atoms with van der Waals surface area (Å²) >= 11 is 3.38. The molecule has 1 aromatic carbocycles. The van der Waals surface area contributed by atoms with E-state index in [9.17, 15) is 0 Å². The second-order valence-corrected chi connectivity index (χ2v) is 3.98. The summed E-state index contributed by atoms with van der Waals surface area (Å²) in [5.41, 5.74) is 0.801. The van der Waals surface area contributed by atoms with Gasteiger partial charge in [-0.3, -0.25) is 5.32 Å². The van der Waals surface area contributed by atoms with E-state index in [1.54, 1.807) is 13.2 Å². The molecule has 0 aliphatic rings. The van der Waals surface area contributed by atoms with Gasteiger partial charge in [-0.1, -0.05) is 15.9 Å². The van der Waals surface area contributed by atoms with E-state index in [1.807, 2.05) is 12.1 Å². The van der Waals surface area contributed by atoms with E-state index < -0.39 is 6.04 Å². The molecule has 2 N–H and O–H groups in total. The van der Waals surface area contributed by atoms with E-state index in [0.29, 0.717) is 12.3 Å². The van der Waals surface area contributed by atoms with Gasteiger partial charge in [0.2, 0.25) is 0 Å². The number of hydrogen-bond donors (Lipinski definition) is 2. The monoisotopic (exact) mass is 284 g/mol. The molecule has 0 heterocycles. The van der Waals surface area contributed by atoms with Crippen LogP contribution < -0.4 is 10.1 Å². The standard InChI is InChI=1S/C11H13BrN2O2/c1-16-8-2-3-10(12)9(6-8)11(7-13)14-4-5-15/h2-3,6,11,14-15H,4-5H2,1H3. The van der Waals surface area contributed by atoms with Gasteiger partial charge in [0.15, 0.2) is 0 Å². The Balaban J connectivity index is 2.95. The summed E-state index contributed by atoms with van der Waals surface area (Å²) in [6, 6.07) is 7.12. The molecule has 1 rings (SSSR count). The molecule has 0 amide bonds. The zero-order chi connectivity index (χ0) is 12.0. The van der Waals surface area contributed by atoms with Crippen molar-refractivity contribution in [1.29, 1.82) is 5.26 Å². The van der Waals surface area contributed by atoms with Crippen molar-refractivity contribution in [1.82, 2.24) is 5.32 Å². The van der Waals surface area contributed by atoms with E-state index >= 15 is 0 Å². The summed E-state index contributed by atoms with van der Waals surface area (Å²) in [5, 5.41) is 20.7. The minimum Gasteiger partial charge on any atom is -0.497 e. The molecule has 0 aliphatic carbocycles. The third-order valence-corrected chi connectivity index (χ3v) is 2.83. The van der Waals surface area contributed by atoms with Gasteiger partial charge in [0.1, 0.15) is 11.8 Å². The Kier molecular flexibility index (Phi) is 5.26. The second kappa shape index (κ2) is 6.48. The maximum atomic E-state index is 9.04. The van der Waals surface area contributed by atoms with Crippen LogP contribution in [0.5, 0.6) is 5.75 Å². The summed E-state index contributed by atoms with van der Waals surface area (Å²) in [6.07, 6.45) is 0. The Morgan fingerprint density at radius 1 is 1.62 bits per heavy atom. The lowest BCUT2D eigenvalue weighted by molar-refractivity contribution is 0.289. The first-order valence-corrected chi connectivity index (χ1v) is 5.59. The molecule has 0 fully saturated rings. The van der Waals surface area contributed by atoms with Crippen LogP contribution in [0.4, 0.5) is 0 Å². The number of ether oxygens (including phenoxy) is 1. The number of rotatable bonds is 5. The molecule has 86 valence electrons. The quantitative estimate of drug-likeness (QED) is 0.862. The van der Waals surface area contributed by atoms with Crippen molar-refractivity contribution in [2.24, 2.45) is 0 Å². The van der Waals surface area contributed by atoms with Crippen LogP contribution in [-0.2, 0) is 0 Å². The molecule has 1 aromatic rings. The van der Waals surface area contributed by atoms with Crippen molar-refractivity contribution >= 4 is 15.9 Å². The lowest BCUT2D eigenvalue weighted by atomic mass is 10.1. The van der Waals surface area contributed by atoms with E-state index in [1.165, 1.54) is 0 Å². The molecule has 0 saturated carbocycles. The SMILES string of the molecule is COc1ccc(Br)c(C(C#N)NCCO)c1. The lowest BCUT2D eigenvalue weighted by Gasteiger charge is -2.13. The van der Waals surface area contributed by atoms with Crippen molar-refractivity contribution < 1.29 is 9.84 Å². The van der Waals surface area contributed by atoms with E-state index in [0.717, 1.165) is 10.0 Å². The maximum absolute atomic E-state index is 9.04. The summed E-state index contributed by atoms with van der Waals surface area (Å²) in [4.78, 5) is 0. The number of aliphatic hydroxyl groups excluding tert-OH is 1. The Labute approximate surface area is 103 Å². The normalized spacial score (nSPS) is 11.9. The molecule has 0 bridgehead atoms. The van der Waals surface area contributed by atoms with Crippen LogP contribution in [0.15, 0.2) is 22.7 Å². The van der Waals surface area contributed by atoms with Gasteiger partial charge >= 0.3 is 0 Å². The average molecular weight is 285 g/mol. The Morgan fingerprint density at radius 3 is 2.94 bits per heavy atom. The highest BCUT2D eigenvalue weighted by atomic mass is 79.9. The van der Waals surface area contributed by atoms with E-state index in [4.69, 9.17) is 15.1 Å². The molecule has 0 spiro atoms. The largest absolute Gasteiger partial charge is 0.497 e. The Hall–Kier alpha value is -1.09. The highest BCUT2D eigenvalue weighted by Gasteiger charge is 2.13. The van der Waals surface area contributed by atoms with Crippen LogP contribution in [0.2, 0.25) is 0 Å². The van der Waals surface area contributed by atoms with E-state index in [-0.39, 0.29) is 6.61 Å². The highest BCUT2D eigenvalue weighted by molar-refractivity contribution is 9.10. The van der Waals surface area contributed by atoms with Gasteiger partial charge in [0, 0.05) is 16.6 Å². The Morgan fingerprint density at radius 2 is 2.38 bits per heavy atom. The van der Waals surface area contributed by atoms with Gasteiger partial charge < -0.3 is 9.84 Å². The first-order valence-electron chi connectivity index (χ1n) is 4.80. The summed E-state index contributed by atoms with van der Waals surface area (Å²) in [7, 11) is 1.58. The van der Waals surface area contributed by atoms with Crippen molar-refractivity contribution in [3.8, 4) is 11.8 Å². The van der Waals surface area contributed by atoms with Crippen LogP contribution in [0.3, 0.4) is 0 Å². The molecular formula is C11H13BrN2O2. The summed E-state index contributed by atoms with van der Waals surface area (Å²) in [6.45, 7) is 0.377. The van der Waals surface area contributed by atoms with Crippen LogP contribution in [0.1, 0.15) is 11.6 Å². The summed E-state index contributed by atoms with van der Waals surface area (Å²) < 4.78 is 5.94. The molecule has 0 aromatic heterocycles. The third-order valence-electron chi connectivity index (χ3n) is 2.10. The first-order chi connectivity index (χ1) is 7.72. The minimum atomic E-state index is -0.461. The van der Waals surface area contributed by atoms with Crippen LogP contribution in [-0.4, -0.2) is 25.4 Å². The molecule has 16 heavy (non-hydrogen) atoms. The average Bonchev–Trinajstić information content (AvgIpc) is 2.32. The predicted molar refractivity (Wildman–Crippen MR) is 64.1 cm³/mol. The first kappa shape index (κ1) is 13.0. The number of hydrogen-bond acceptors (Lipinski definition) is 4. The molecule has 5 heteroatoms. The number of halogens is 1. The summed E-state index contributed by atoms with van der Waals surface area (Å²) in [5.74, 6) is 0.698. The van der Waals surface area contributed by atoms with Gasteiger partial charge in [-0.15, -0.1) is 0 Å². The lowest BCUT2D eigenvalue weighted by Crippen LogP contribution is -2.23. The van der Waals surface area contributed by atoms with Crippen LogP contribution in [0, 0.1) is 11.3 Å². The fraction of sp³-hybridized carbons (Fsp3) is 0.364. The minimum absolute atomic E-state index is 0.000231. The van der Waals surface area contributed by atoms with Gasteiger partial charge in [-0.05, 0) is 18.2 Å². The maximum Gasteiger partial charge on any atom is 0.122 e. The van der Waals surface area contributed by atoms with Crippen LogP contribution >= 0.6 is 15.9 Å². The number of nitriles is 1.